The topological polar surface area (TPSA) is 89.4 Å². The van der Waals surface area contributed by atoms with Crippen molar-refractivity contribution >= 4 is 11.8 Å². The fraction of sp³-hybridized carbons (Fsp3) is 0.833. The molecular weight excluding hydrogens is 218 g/mol. The Morgan fingerprint density at radius 3 is 2.59 bits per heavy atom. The van der Waals surface area contributed by atoms with Gasteiger partial charge in [-0.25, -0.2) is 0 Å². The summed E-state index contributed by atoms with van der Waals surface area (Å²) in [5.41, 5.74) is 11.0. The highest BCUT2D eigenvalue weighted by Gasteiger charge is 2.28. The van der Waals surface area contributed by atoms with Crippen LogP contribution in [0.5, 0.6) is 0 Å². The van der Waals surface area contributed by atoms with Gasteiger partial charge in [0, 0.05) is 19.5 Å². The summed E-state index contributed by atoms with van der Waals surface area (Å²) >= 11 is 0. The fourth-order valence-corrected chi connectivity index (χ4v) is 2.21. The molecule has 1 unspecified atom stereocenters. The predicted molar refractivity (Wildman–Crippen MR) is 65.9 cm³/mol. The first-order valence-corrected chi connectivity index (χ1v) is 6.24. The Morgan fingerprint density at radius 2 is 2.06 bits per heavy atom. The number of carbonyl (C=O) groups is 2. The highest BCUT2D eigenvalue weighted by atomic mass is 16.2. The van der Waals surface area contributed by atoms with Crippen molar-refractivity contribution < 1.29 is 9.59 Å². The summed E-state index contributed by atoms with van der Waals surface area (Å²) in [5.74, 6) is 0.0372. The lowest BCUT2D eigenvalue weighted by Crippen LogP contribution is -2.50. The molecule has 17 heavy (non-hydrogen) atoms. The molecule has 4 N–H and O–H groups in total. The van der Waals surface area contributed by atoms with E-state index in [4.69, 9.17) is 11.5 Å². The Bertz CT molecular complexity index is 291. The van der Waals surface area contributed by atoms with Crippen molar-refractivity contribution in [2.75, 3.05) is 13.1 Å². The van der Waals surface area contributed by atoms with Crippen molar-refractivity contribution in [3.63, 3.8) is 0 Å². The maximum atomic E-state index is 12.1. The Hall–Kier alpha value is -1.10. The number of nitrogens with two attached hydrogens (primary N) is 2. The number of nitrogens with zero attached hydrogens (tertiary/aromatic N) is 1. The molecule has 1 fully saturated rings. The molecule has 98 valence electrons. The Balaban J connectivity index is 2.54. The zero-order chi connectivity index (χ0) is 13.0. The van der Waals surface area contributed by atoms with E-state index in [0.717, 1.165) is 19.4 Å². The summed E-state index contributed by atoms with van der Waals surface area (Å²) < 4.78 is 0. The van der Waals surface area contributed by atoms with E-state index in [0.29, 0.717) is 13.0 Å². The van der Waals surface area contributed by atoms with Gasteiger partial charge in [-0.1, -0.05) is 13.8 Å². The van der Waals surface area contributed by atoms with Crippen LogP contribution in [0.15, 0.2) is 0 Å². The highest BCUT2D eigenvalue weighted by Crippen LogP contribution is 2.20. The van der Waals surface area contributed by atoms with E-state index in [1.165, 1.54) is 0 Å². The van der Waals surface area contributed by atoms with Crippen molar-refractivity contribution in [2.24, 2.45) is 23.3 Å². The monoisotopic (exact) mass is 241 g/mol. The molecule has 2 amide bonds. The van der Waals surface area contributed by atoms with Crippen molar-refractivity contribution in [1.29, 1.82) is 0 Å². The zero-order valence-corrected chi connectivity index (χ0v) is 10.7. The van der Waals surface area contributed by atoms with Gasteiger partial charge >= 0.3 is 0 Å². The van der Waals surface area contributed by atoms with Crippen LogP contribution >= 0.6 is 0 Å². The molecule has 1 aliphatic rings. The van der Waals surface area contributed by atoms with E-state index >= 15 is 0 Å². The van der Waals surface area contributed by atoms with Crippen molar-refractivity contribution in [3.8, 4) is 0 Å². The zero-order valence-electron chi connectivity index (χ0n) is 10.7. The van der Waals surface area contributed by atoms with Gasteiger partial charge in [0.2, 0.25) is 11.8 Å². The van der Waals surface area contributed by atoms with Gasteiger partial charge in [-0.2, -0.15) is 0 Å². The molecular formula is C12H23N3O2. The quantitative estimate of drug-likeness (QED) is 0.730. The summed E-state index contributed by atoms with van der Waals surface area (Å²) in [6.07, 6.45) is 2.25. The average Bonchev–Trinajstić information content (AvgIpc) is 2.26. The van der Waals surface area contributed by atoms with E-state index in [9.17, 15) is 9.59 Å². The predicted octanol–water partition coefficient (Wildman–Crippen LogP) is 0.0837. The van der Waals surface area contributed by atoms with Crippen LogP contribution in [-0.4, -0.2) is 35.8 Å². The lowest BCUT2D eigenvalue weighted by molar-refractivity contribution is -0.136. The summed E-state index contributed by atoms with van der Waals surface area (Å²) in [4.78, 5) is 24.7. The third kappa shape index (κ3) is 4.00. The van der Waals surface area contributed by atoms with Crippen LogP contribution in [0.4, 0.5) is 0 Å². The average molecular weight is 241 g/mol. The fourth-order valence-electron chi connectivity index (χ4n) is 2.21. The molecule has 1 rings (SSSR count). The van der Waals surface area contributed by atoms with Gasteiger partial charge in [-0.3, -0.25) is 9.59 Å². The number of primary amides is 1. The summed E-state index contributed by atoms with van der Waals surface area (Å²) in [7, 11) is 0. The van der Waals surface area contributed by atoms with Gasteiger partial charge in [-0.15, -0.1) is 0 Å². The van der Waals surface area contributed by atoms with Crippen molar-refractivity contribution in [3.05, 3.63) is 0 Å². The van der Waals surface area contributed by atoms with Crippen LogP contribution in [-0.2, 0) is 9.59 Å². The first-order valence-electron chi connectivity index (χ1n) is 6.24. The second-order valence-electron chi connectivity index (χ2n) is 5.23. The van der Waals surface area contributed by atoms with E-state index in [-0.39, 0.29) is 23.7 Å². The molecule has 0 radical (unpaired) electrons. The molecule has 0 aromatic carbocycles. The Kier molecular flexibility index (Phi) is 4.93. The van der Waals surface area contributed by atoms with Gasteiger partial charge in [-0.05, 0) is 24.7 Å². The van der Waals surface area contributed by atoms with Crippen molar-refractivity contribution in [2.45, 2.75) is 39.2 Å². The molecule has 0 aromatic heterocycles. The van der Waals surface area contributed by atoms with E-state index in [1.807, 2.05) is 13.8 Å². The minimum Gasteiger partial charge on any atom is -0.370 e. The number of amides is 2. The second-order valence-corrected chi connectivity index (χ2v) is 5.23. The highest BCUT2D eigenvalue weighted by molar-refractivity contribution is 5.82. The third-order valence-corrected chi connectivity index (χ3v) is 3.32. The number of hydrogen-bond acceptors (Lipinski definition) is 3. The molecule has 1 aliphatic heterocycles. The van der Waals surface area contributed by atoms with Gasteiger partial charge < -0.3 is 16.4 Å². The smallest absolute Gasteiger partial charge is 0.239 e. The number of likely N-dealkylation sites (tertiary alicyclic amines) is 1. The third-order valence-electron chi connectivity index (χ3n) is 3.32. The molecule has 0 spiro atoms. The normalized spacial score (nSPS) is 22.6. The molecule has 5 nitrogen and oxygen atoms in total. The molecule has 0 saturated carbocycles. The molecule has 2 atom stereocenters. The summed E-state index contributed by atoms with van der Waals surface area (Å²) in [6.45, 7) is 5.23. The SMILES string of the molecule is CC(C)[C@H](N)C(=O)N1CCCC(CC(N)=O)C1. The van der Waals surface area contributed by atoms with E-state index < -0.39 is 6.04 Å². The first kappa shape index (κ1) is 14.0. The summed E-state index contributed by atoms with van der Waals surface area (Å²) in [6, 6.07) is -0.442. The van der Waals surface area contributed by atoms with Crippen LogP contribution in [0.3, 0.4) is 0 Å². The molecule has 1 heterocycles. The van der Waals surface area contributed by atoms with Gasteiger partial charge in [0.25, 0.3) is 0 Å². The number of piperidine rings is 1. The van der Waals surface area contributed by atoms with Crippen LogP contribution in [0, 0.1) is 11.8 Å². The van der Waals surface area contributed by atoms with Gasteiger partial charge in [0.15, 0.2) is 0 Å². The van der Waals surface area contributed by atoms with Crippen LogP contribution in [0.25, 0.3) is 0 Å². The summed E-state index contributed by atoms with van der Waals surface area (Å²) in [5, 5.41) is 0. The molecule has 1 saturated heterocycles. The van der Waals surface area contributed by atoms with E-state index in [1.54, 1.807) is 4.90 Å². The minimum absolute atomic E-state index is 0.00540. The number of hydrogen-bond donors (Lipinski definition) is 2. The van der Waals surface area contributed by atoms with Crippen LogP contribution in [0.1, 0.15) is 33.1 Å². The van der Waals surface area contributed by atoms with E-state index in [2.05, 4.69) is 0 Å². The molecule has 0 aliphatic carbocycles. The lowest BCUT2D eigenvalue weighted by atomic mass is 9.93. The minimum atomic E-state index is -0.442. The standard InChI is InChI=1S/C12H23N3O2/c1-8(2)11(14)12(17)15-5-3-4-9(7-15)6-10(13)16/h8-9,11H,3-7,14H2,1-2H3,(H2,13,16)/t9?,11-/m0/s1. The van der Waals surface area contributed by atoms with Crippen molar-refractivity contribution in [1.82, 2.24) is 4.90 Å². The van der Waals surface area contributed by atoms with Crippen LogP contribution < -0.4 is 11.5 Å². The maximum Gasteiger partial charge on any atom is 0.239 e. The van der Waals surface area contributed by atoms with Gasteiger partial charge in [0.1, 0.15) is 0 Å². The second kappa shape index (κ2) is 6.00. The van der Waals surface area contributed by atoms with Crippen LogP contribution in [0.2, 0.25) is 0 Å². The lowest BCUT2D eigenvalue weighted by Gasteiger charge is -2.34. The Labute approximate surface area is 103 Å². The number of carbonyl (C=O) groups excluding carboxylic acids is 2. The van der Waals surface area contributed by atoms with Gasteiger partial charge in [0.05, 0.1) is 6.04 Å². The molecule has 5 heteroatoms. The molecule has 0 aromatic rings. The maximum absolute atomic E-state index is 12.1. The molecule has 0 bridgehead atoms. The largest absolute Gasteiger partial charge is 0.370 e. The number of rotatable bonds is 4. The Morgan fingerprint density at radius 1 is 1.41 bits per heavy atom. The first-order chi connectivity index (χ1) is 7.91.